The van der Waals surface area contributed by atoms with E-state index in [1.807, 2.05) is 13.8 Å². The Kier molecular flexibility index (Phi) is 5.00. The van der Waals surface area contributed by atoms with Gasteiger partial charge in [-0.2, -0.15) is 0 Å². The van der Waals surface area contributed by atoms with Crippen LogP contribution in [0.3, 0.4) is 0 Å². The van der Waals surface area contributed by atoms with Crippen LogP contribution in [0.4, 0.5) is 0 Å². The van der Waals surface area contributed by atoms with E-state index in [4.69, 9.17) is 14.2 Å². The molecule has 0 unspecified atom stereocenters. The summed E-state index contributed by atoms with van der Waals surface area (Å²) in [5.74, 6) is 0.409. The second kappa shape index (κ2) is 6.65. The molecule has 5 heteroatoms. The fourth-order valence-corrected chi connectivity index (χ4v) is 7.57. The molecule has 2 N–H and O–H groups in total. The molecular weight excluding hydrogens is 356 g/mol. The van der Waals surface area contributed by atoms with Crippen molar-refractivity contribution in [2.45, 2.75) is 103 Å². The molecule has 7 atom stereocenters. The van der Waals surface area contributed by atoms with Crippen LogP contribution in [0.25, 0.3) is 0 Å². The highest BCUT2D eigenvalue weighted by Crippen LogP contribution is 2.69. The zero-order chi connectivity index (χ0) is 20.4. The van der Waals surface area contributed by atoms with E-state index in [1.165, 1.54) is 6.42 Å². The van der Waals surface area contributed by atoms with Gasteiger partial charge in [-0.05, 0) is 64.2 Å². The van der Waals surface area contributed by atoms with E-state index in [2.05, 4.69) is 20.8 Å². The second-order valence-corrected chi connectivity index (χ2v) is 11.1. The zero-order valence-electron chi connectivity index (χ0n) is 18.4. The maximum Gasteiger partial charge on any atom is 0.163 e. The van der Waals surface area contributed by atoms with E-state index in [1.54, 1.807) is 0 Å². The minimum absolute atomic E-state index is 0.0108. The van der Waals surface area contributed by atoms with E-state index in [0.717, 1.165) is 38.7 Å². The fourth-order valence-electron chi connectivity index (χ4n) is 7.57. The molecule has 4 fully saturated rings. The van der Waals surface area contributed by atoms with Gasteiger partial charge >= 0.3 is 0 Å². The Morgan fingerprint density at radius 2 is 1.71 bits per heavy atom. The van der Waals surface area contributed by atoms with Gasteiger partial charge in [0.1, 0.15) is 0 Å². The number of hydrogen-bond acceptors (Lipinski definition) is 5. The van der Waals surface area contributed by atoms with Crippen molar-refractivity contribution < 1.29 is 24.4 Å². The Hall–Kier alpha value is -0.200. The normalized spacial score (nSPS) is 53.0. The first-order valence-corrected chi connectivity index (χ1v) is 11.3. The van der Waals surface area contributed by atoms with Crippen molar-refractivity contribution >= 4 is 0 Å². The molecule has 0 aromatic rings. The van der Waals surface area contributed by atoms with E-state index in [9.17, 15) is 10.2 Å². The van der Waals surface area contributed by atoms with Crippen LogP contribution in [-0.4, -0.2) is 53.1 Å². The van der Waals surface area contributed by atoms with Gasteiger partial charge in [-0.3, -0.25) is 0 Å². The molecular formula is C23H40O5. The molecule has 4 rings (SSSR count). The number of ether oxygens (including phenoxy) is 3. The lowest BCUT2D eigenvalue weighted by molar-refractivity contribution is -0.359. The molecule has 0 bridgehead atoms. The smallest absolute Gasteiger partial charge is 0.163 e. The summed E-state index contributed by atoms with van der Waals surface area (Å²) in [4.78, 5) is 0. The van der Waals surface area contributed by atoms with Crippen LogP contribution < -0.4 is 0 Å². The highest BCUT2D eigenvalue weighted by Gasteiger charge is 2.70. The Bertz CT molecular complexity index is 608. The highest BCUT2D eigenvalue weighted by molar-refractivity contribution is 5.18. The Morgan fingerprint density at radius 1 is 0.964 bits per heavy atom. The molecule has 2 saturated heterocycles. The Morgan fingerprint density at radius 3 is 2.39 bits per heavy atom. The van der Waals surface area contributed by atoms with Crippen molar-refractivity contribution in [2.75, 3.05) is 19.8 Å². The lowest BCUT2D eigenvalue weighted by Crippen LogP contribution is -2.69. The Balaban J connectivity index is 1.70. The largest absolute Gasteiger partial charge is 0.396 e. The lowest BCUT2D eigenvalue weighted by Gasteiger charge is -2.67. The van der Waals surface area contributed by atoms with Gasteiger partial charge in [-0.15, -0.1) is 0 Å². The van der Waals surface area contributed by atoms with Crippen LogP contribution in [-0.2, 0) is 14.2 Å². The molecule has 1 spiro atoms. The third-order valence-electron chi connectivity index (χ3n) is 9.24. The molecule has 2 saturated carbocycles. The minimum atomic E-state index is -0.590. The number of aliphatic hydroxyl groups is 2. The van der Waals surface area contributed by atoms with Crippen LogP contribution in [0.2, 0.25) is 0 Å². The van der Waals surface area contributed by atoms with Gasteiger partial charge in [0.05, 0.1) is 30.5 Å². The maximum atomic E-state index is 10.1. The van der Waals surface area contributed by atoms with Crippen molar-refractivity contribution in [2.24, 2.45) is 22.7 Å². The lowest BCUT2D eigenvalue weighted by atomic mass is 9.43. The molecule has 2 aliphatic heterocycles. The first-order chi connectivity index (χ1) is 13.1. The summed E-state index contributed by atoms with van der Waals surface area (Å²) in [6.07, 6.45) is 6.95. The summed E-state index contributed by atoms with van der Waals surface area (Å²) in [5, 5.41) is 19.7. The summed E-state index contributed by atoms with van der Waals surface area (Å²) in [5.41, 5.74) is -0.820. The van der Waals surface area contributed by atoms with Gasteiger partial charge in [0.25, 0.3) is 0 Å². The Labute approximate surface area is 170 Å². The zero-order valence-corrected chi connectivity index (χ0v) is 18.4. The molecule has 162 valence electrons. The molecule has 4 aliphatic rings. The van der Waals surface area contributed by atoms with Gasteiger partial charge in [-0.25, -0.2) is 0 Å². The van der Waals surface area contributed by atoms with E-state index in [-0.39, 0.29) is 35.7 Å². The van der Waals surface area contributed by atoms with Gasteiger partial charge in [0, 0.05) is 23.9 Å². The number of hydrogen-bond donors (Lipinski definition) is 2. The van der Waals surface area contributed by atoms with Crippen LogP contribution in [0.15, 0.2) is 0 Å². The van der Waals surface area contributed by atoms with Crippen molar-refractivity contribution in [3.63, 3.8) is 0 Å². The number of rotatable bonds is 3. The SMILES string of the molecule is C[C@H]1CC[C@H]2[C@]3(C)COC(C)(C)O[C@H]3CC[C@]2(C)[C@@]12CC[C@](CO)(CCO)O2. The first kappa shape index (κ1) is 21.0. The highest BCUT2D eigenvalue weighted by atomic mass is 16.7. The second-order valence-electron chi connectivity index (χ2n) is 11.1. The fraction of sp³-hybridized carbons (Fsp3) is 1.00. The standard InChI is InChI=1S/C23H40O5/c1-16-6-7-17-20(4)15-26-19(2,3)27-18(20)8-9-21(17,5)23(16)11-10-22(14-25,28-23)12-13-24/h16-18,24-25H,6-15H2,1-5H3/t16-,17-,18-,20-,21-,22+,23+/m0/s1. The molecule has 28 heavy (non-hydrogen) atoms. The van der Waals surface area contributed by atoms with Crippen molar-refractivity contribution in [3.05, 3.63) is 0 Å². The van der Waals surface area contributed by atoms with Crippen molar-refractivity contribution in [3.8, 4) is 0 Å². The van der Waals surface area contributed by atoms with Crippen LogP contribution >= 0.6 is 0 Å². The predicted molar refractivity (Wildman–Crippen MR) is 107 cm³/mol. The van der Waals surface area contributed by atoms with Crippen LogP contribution in [0, 0.1) is 22.7 Å². The van der Waals surface area contributed by atoms with Crippen LogP contribution in [0.5, 0.6) is 0 Å². The van der Waals surface area contributed by atoms with Gasteiger partial charge in [-0.1, -0.05) is 20.8 Å². The summed E-state index contributed by atoms with van der Waals surface area (Å²) in [6.45, 7) is 12.0. The average molecular weight is 397 g/mol. The topological polar surface area (TPSA) is 68.2 Å². The molecule has 5 nitrogen and oxygen atoms in total. The van der Waals surface area contributed by atoms with E-state index >= 15 is 0 Å². The van der Waals surface area contributed by atoms with Crippen molar-refractivity contribution in [1.29, 1.82) is 0 Å². The first-order valence-electron chi connectivity index (χ1n) is 11.3. The third kappa shape index (κ3) is 2.76. The molecule has 2 aliphatic carbocycles. The molecule has 0 aromatic heterocycles. The summed E-state index contributed by atoms with van der Waals surface area (Å²) in [6, 6.07) is 0. The third-order valence-corrected chi connectivity index (χ3v) is 9.24. The van der Waals surface area contributed by atoms with E-state index in [0.29, 0.717) is 18.3 Å². The van der Waals surface area contributed by atoms with Gasteiger partial charge in [0.2, 0.25) is 0 Å². The summed E-state index contributed by atoms with van der Waals surface area (Å²) in [7, 11) is 0. The molecule has 0 radical (unpaired) electrons. The maximum absolute atomic E-state index is 10.1. The molecule has 0 amide bonds. The van der Waals surface area contributed by atoms with Crippen molar-refractivity contribution in [1.82, 2.24) is 0 Å². The quantitative estimate of drug-likeness (QED) is 0.762. The molecule has 0 aromatic carbocycles. The van der Waals surface area contributed by atoms with Gasteiger partial charge in [0.15, 0.2) is 5.79 Å². The minimum Gasteiger partial charge on any atom is -0.396 e. The number of aliphatic hydroxyl groups excluding tert-OH is 2. The van der Waals surface area contributed by atoms with Crippen LogP contribution in [0.1, 0.15) is 79.6 Å². The predicted octanol–water partition coefficient (Wildman–Crippen LogP) is 3.65. The summed E-state index contributed by atoms with van der Waals surface area (Å²) < 4.78 is 19.5. The monoisotopic (exact) mass is 396 g/mol. The number of fused-ring (bicyclic) bond motifs is 4. The average Bonchev–Trinajstić information content (AvgIpc) is 3.03. The summed E-state index contributed by atoms with van der Waals surface area (Å²) >= 11 is 0. The van der Waals surface area contributed by atoms with E-state index < -0.39 is 11.4 Å². The molecule has 2 heterocycles. The van der Waals surface area contributed by atoms with Gasteiger partial charge < -0.3 is 24.4 Å².